The smallest absolute Gasteiger partial charge is 0.134 e. The Bertz CT molecular complexity index is 528. The van der Waals surface area contributed by atoms with Gasteiger partial charge in [0.25, 0.3) is 0 Å². The Morgan fingerprint density at radius 1 is 1.37 bits per heavy atom. The van der Waals surface area contributed by atoms with Crippen LogP contribution in [0.4, 0.5) is 0 Å². The Balaban J connectivity index is 1.57. The van der Waals surface area contributed by atoms with E-state index in [0.29, 0.717) is 0 Å². The highest BCUT2D eigenvalue weighted by molar-refractivity contribution is 5.80. The molecule has 3 nitrogen and oxygen atoms in total. The number of para-hydroxylation sites is 1. The first-order chi connectivity index (χ1) is 9.33. The quantitative estimate of drug-likeness (QED) is 0.893. The summed E-state index contributed by atoms with van der Waals surface area (Å²) < 4.78 is 5.59. The summed E-state index contributed by atoms with van der Waals surface area (Å²) in [5.74, 6) is 0. The van der Waals surface area contributed by atoms with Crippen LogP contribution in [0.25, 0.3) is 11.0 Å². The number of furan rings is 1. The predicted molar refractivity (Wildman–Crippen MR) is 78.2 cm³/mol. The highest BCUT2D eigenvalue weighted by Gasteiger charge is 2.15. The van der Waals surface area contributed by atoms with E-state index in [9.17, 15) is 0 Å². The van der Waals surface area contributed by atoms with Gasteiger partial charge in [0.1, 0.15) is 5.58 Å². The molecule has 1 aliphatic heterocycles. The summed E-state index contributed by atoms with van der Waals surface area (Å²) in [6, 6.07) is 8.99. The van der Waals surface area contributed by atoms with Gasteiger partial charge in [0.2, 0.25) is 0 Å². The minimum absolute atomic E-state index is 0.726. The Morgan fingerprint density at radius 2 is 2.26 bits per heavy atom. The van der Waals surface area contributed by atoms with Crippen molar-refractivity contribution in [3.8, 4) is 0 Å². The van der Waals surface area contributed by atoms with E-state index in [-0.39, 0.29) is 0 Å². The number of nitrogens with one attached hydrogen (secondary N) is 1. The van der Waals surface area contributed by atoms with Crippen molar-refractivity contribution in [2.75, 3.05) is 20.1 Å². The monoisotopic (exact) mass is 258 g/mol. The van der Waals surface area contributed by atoms with Gasteiger partial charge >= 0.3 is 0 Å². The second-order valence-electron chi connectivity index (χ2n) is 5.58. The summed E-state index contributed by atoms with van der Waals surface area (Å²) in [6.45, 7) is 3.29. The third-order valence-corrected chi connectivity index (χ3v) is 4.02. The van der Waals surface area contributed by atoms with E-state index in [1.54, 1.807) is 0 Å². The molecule has 1 saturated heterocycles. The fraction of sp³-hybridized carbons (Fsp3) is 0.500. The SMILES string of the molecule is CN(CCC1CCCN1)Cc1coc2ccccc12. The molecule has 1 aromatic carbocycles. The van der Waals surface area contributed by atoms with Gasteiger partial charge in [0, 0.05) is 23.5 Å². The van der Waals surface area contributed by atoms with Crippen LogP contribution in [0.5, 0.6) is 0 Å². The molecular formula is C16H22N2O. The minimum Gasteiger partial charge on any atom is -0.464 e. The molecule has 3 rings (SSSR count). The zero-order valence-corrected chi connectivity index (χ0v) is 11.6. The predicted octanol–water partition coefficient (Wildman–Crippen LogP) is 3.01. The Morgan fingerprint density at radius 3 is 3.11 bits per heavy atom. The van der Waals surface area contributed by atoms with Crippen molar-refractivity contribution < 1.29 is 4.42 Å². The largest absolute Gasteiger partial charge is 0.464 e. The molecule has 0 saturated carbocycles. The molecule has 102 valence electrons. The van der Waals surface area contributed by atoms with Crippen LogP contribution in [0.3, 0.4) is 0 Å². The van der Waals surface area contributed by atoms with Crippen molar-refractivity contribution in [2.45, 2.75) is 31.8 Å². The average Bonchev–Trinajstić information content (AvgIpc) is 3.07. The van der Waals surface area contributed by atoms with E-state index < -0.39 is 0 Å². The fourth-order valence-corrected chi connectivity index (χ4v) is 2.90. The molecule has 3 heteroatoms. The zero-order chi connectivity index (χ0) is 13.1. The van der Waals surface area contributed by atoms with Crippen molar-refractivity contribution in [3.63, 3.8) is 0 Å². The number of benzene rings is 1. The van der Waals surface area contributed by atoms with Crippen LogP contribution in [0.15, 0.2) is 34.9 Å². The lowest BCUT2D eigenvalue weighted by molar-refractivity contribution is 0.305. The van der Waals surface area contributed by atoms with E-state index in [1.165, 1.54) is 36.8 Å². The first-order valence-electron chi connectivity index (χ1n) is 7.20. The molecule has 1 N–H and O–H groups in total. The second kappa shape index (κ2) is 5.76. The van der Waals surface area contributed by atoms with Gasteiger partial charge in [-0.2, -0.15) is 0 Å². The van der Waals surface area contributed by atoms with Crippen molar-refractivity contribution >= 4 is 11.0 Å². The number of fused-ring (bicyclic) bond motifs is 1. The number of rotatable bonds is 5. The van der Waals surface area contributed by atoms with Gasteiger partial charge in [-0.05, 0) is 45.5 Å². The van der Waals surface area contributed by atoms with E-state index in [4.69, 9.17) is 4.42 Å². The molecular weight excluding hydrogens is 236 g/mol. The molecule has 0 radical (unpaired) electrons. The molecule has 0 aliphatic carbocycles. The van der Waals surface area contributed by atoms with Crippen molar-refractivity contribution in [2.24, 2.45) is 0 Å². The maximum atomic E-state index is 5.59. The van der Waals surface area contributed by atoms with E-state index >= 15 is 0 Å². The zero-order valence-electron chi connectivity index (χ0n) is 11.6. The standard InChI is InChI=1S/C16H22N2O/c1-18(10-8-14-5-4-9-17-14)11-13-12-19-16-7-3-2-6-15(13)16/h2-3,6-7,12,14,17H,4-5,8-11H2,1H3. The van der Waals surface area contributed by atoms with Crippen LogP contribution in [-0.4, -0.2) is 31.1 Å². The maximum Gasteiger partial charge on any atom is 0.134 e. The molecule has 2 heterocycles. The molecule has 1 aliphatic rings. The van der Waals surface area contributed by atoms with Gasteiger partial charge in [-0.25, -0.2) is 0 Å². The molecule has 0 spiro atoms. The topological polar surface area (TPSA) is 28.4 Å². The third-order valence-electron chi connectivity index (χ3n) is 4.02. The van der Waals surface area contributed by atoms with Crippen LogP contribution >= 0.6 is 0 Å². The first-order valence-corrected chi connectivity index (χ1v) is 7.20. The number of hydrogen-bond donors (Lipinski definition) is 1. The summed E-state index contributed by atoms with van der Waals surface area (Å²) in [4.78, 5) is 2.39. The van der Waals surface area contributed by atoms with Crippen LogP contribution in [0, 0.1) is 0 Å². The van der Waals surface area contributed by atoms with Gasteiger partial charge in [-0.3, -0.25) is 0 Å². The highest BCUT2D eigenvalue weighted by Crippen LogP contribution is 2.22. The number of hydrogen-bond acceptors (Lipinski definition) is 3. The molecule has 19 heavy (non-hydrogen) atoms. The van der Waals surface area contributed by atoms with Gasteiger partial charge in [-0.1, -0.05) is 18.2 Å². The lowest BCUT2D eigenvalue weighted by Crippen LogP contribution is -2.28. The lowest BCUT2D eigenvalue weighted by Gasteiger charge is -2.18. The van der Waals surface area contributed by atoms with Crippen molar-refractivity contribution in [1.29, 1.82) is 0 Å². The van der Waals surface area contributed by atoms with E-state index in [1.807, 2.05) is 18.4 Å². The maximum absolute atomic E-state index is 5.59. The third kappa shape index (κ3) is 2.99. The minimum atomic E-state index is 0.726. The normalized spacial score (nSPS) is 19.6. The molecule has 0 bridgehead atoms. The molecule has 1 aromatic heterocycles. The Hall–Kier alpha value is -1.32. The van der Waals surface area contributed by atoms with Crippen molar-refractivity contribution in [3.05, 3.63) is 36.1 Å². The second-order valence-corrected chi connectivity index (χ2v) is 5.58. The van der Waals surface area contributed by atoms with Crippen LogP contribution in [0.2, 0.25) is 0 Å². The molecule has 1 atom stereocenters. The lowest BCUT2D eigenvalue weighted by atomic mass is 10.1. The molecule has 2 aromatic rings. The van der Waals surface area contributed by atoms with E-state index in [2.05, 4.69) is 29.4 Å². The molecule has 0 amide bonds. The molecule has 1 unspecified atom stereocenters. The Labute approximate surface area is 114 Å². The summed E-state index contributed by atoms with van der Waals surface area (Å²) in [7, 11) is 2.19. The van der Waals surface area contributed by atoms with Crippen LogP contribution in [0.1, 0.15) is 24.8 Å². The first kappa shape index (κ1) is 12.7. The number of nitrogens with zero attached hydrogens (tertiary/aromatic N) is 1. The average molecular weight is 258 g/mol. The van der Waals surface area contributed by atoms with Crippen molar-refractivity contribution in [1.82, 2.24) is 10.2 Å². The summed E-state index contributed by atoms with van der Waals surface area (Å²) in [6.07, 6.45) is 5.81. The van der Waals surface area contributed by atoms with E-state index in [0.717, 1.165) is 24.7 Å². The van der Waals surface area contributed by atoms with Crippen LogP contribution < -0.4 is 5.32 Å². The fourth-order valence-electron chi connectivity index (χ4n) is 2.90. The summed E-state index contributed by atoms with van der Waals surface area (Å²) >= 11 is 0. The van der Waals surface area contributed by atoms with Gasteiger partial charge in [-0.15, -0.1) is 0 Å². The van der Waals surface area contributed by atoms with Gasteiger partial charge in [0.15, 0.2) is 0 Å². The van der Waals surface area contributed by atoms with Crippen LogP contribution in [-0.2, 0) is 6.54 Å². The highest BCUT2D eigenvalue weighted by atomic mass is 16.3. The van der Waals surface area contributed by atoms with Gasteiger partial charge in [0.05, 0.1) is 6.26 Å². The molecule has 1 fully saturated rings. The summed E-state index contributed by atoms with van der Waals surface area (Å²) in [5, 5.41) is 4.80. The Kier molecular flexibility index (Phi) is 3.85. The summed E-state index contributed by atoms with van der Waals surface area (Å²) in [5.41, 5.74) is 2.28. The van der Waals surface area contributed by atoms with Gasteiger partial charge < -0.3 is 14.6 Å².